The minimum absolute atomic E-state index is 0.0648. The van der Waals surface area contributed by atoms with Crippen molar-refractivity contribution in [1.29, 1.82) is 0 Å². The molecule has 0 heterocycles. The summed E-state index contributed by atoms with van der Waals surface area (Å²) >= 11 is 12.0. The fourth-order valence-corrected chi connectivity index (χ4v) is 3.40. The van der Waals surface area contributed by atoms with Gasteiger partial charge >= 0.3 is 0 Å². The Labute approximate surface area is 181 Å². The molecule has 0 aromatic heterocycles. The quantitative estimate of drug-likeness (QED) is 0.629. The van der Waals surface area contributed by atoms with Crippen LogP contribution in [0.15, 0.2) is 42.5 Å². The lowest BCUT2D eigenvalue weighted by molar-refractivity contribution is -0.141. The van der Waals surface area contributed by atoms with Crippen molar-refractivity contribution < 1.29 is 14.0 Å². The highest BCUT2D eigenvalue weighted by atomic mass is 35.5. The van der Waals surface area contributed by atoms with E-state index in [0.717, 1.165) is 5.56 Å². The number of hydrogen-bond donors (Lipinski definition) is 1. The van der Waals surface area contributed by atoms with Gasteiger partial charge in [0.15, 0.2) is 0 Å². The van der Waals surface area contributed by atoms with Crippen molar-refractivity contribution in [1.82, 2.24) is 10.2 Å². The number of halogens is 3. The Morgan fingerprint density at radius 2 is 1.76 bits per heavy atom. The van der Waals surface area contributed by atoms with Crippen molar-refractivity contribution in [3.05, 3.63) is 69.5 Å². The number of benzene rings is 2. The molecule has 0 bridgehead atoms. The zero-order valence-corrected chi connectivity index (χ0v) is 18.2. The first-order valence-electron chi connectivity index (χ1n) is 9.50. The van der Waals surface area contributed by atoms with Gasteiger partial charge in [-0.1, -0.05) is 48.3 Å². The molecule has 156 valence electrons. The molecule has 2 rings (SSSR count). The predicted molar refractivity (Wildman–Crippen MR) is 114 cm³/mol. The van der Waals surface area contributed by atoms with Gasteiger partial charge < -0.3 is 10.2 Å². The molecule has 0 fully saturated rings. The summed E-state index contributed by atoms with van der Waals surface area (Å²) in [6.45, 7) is 5.75. The molecule has 0 spiro atoms. The van der Waals surface area contributed by atoms with E-state index in [-0.39, 0.29) is 41.4 Å². The van der Waals surface area contributed by atoms with Crippen LogP contribution in [0.25, 0.3) is 0 Å². The maximum absolute atomic E-state index is 14.2. The van der Waals surface area contributed by atoms with Crippen LogP contribution in [0.5, 0.6) is 0 Å². The summed E-state index contributed by atoms with van der Waals surface area (Å²) in [6.07, 6.45) is 0.188. The van der Waals surface area contributed by atoms with E-state index >= 15 is 0 Å². The van der Waals surface area contributed by atoms with Crippen LogP contribution in [0.2, 0.25) is 10.0 Å². The molecule has 29 heavy (non-hydrogen) atoms. The van der Waals surface area contributed by atoms with Gasteiger partial charge in [-0.05, 0) is 50.1 Å². The zero-order valence-electron chi connectivity index (χ0n) is 16.7. The molecule has 0 saturated heterocycles. The summed E-state index contributed by atoms with van der Waals surface area (Å²) in [7, 11) is 0. The summed E-state index contributed by atoms with van der Waals surface area (Å²) in [4.78, 5) is 27.4. The second-order valence-corrected chi connectivity index (χ2v) is 7.96. The SMILES string of the molecule is CC[C@H](C(=O)NC(C)C)N(Cc1ccc(Cl)cc1)C(=O)Cc1c(F)cccc1Cl. The third-order valence-electron chi connectivity index (χ3n) is 4.47. The lowest BCUT2D eigenvalue weighted by Gasteiger charge is -2.31. The van der Waals surface area contributed by atoms with E-state index in [0.29, 0.717) is 11.4 Å². The van der Waals surface area contributed by atoms with E-state index in [1.54, 1.807) is 30.3 Å². The topological polar surface area (TPSA) is 49.4 Å². The molecule has 0 radical (unpaired) electrons. The minimum atomic E-state index is -0.689. The number of carbonyl (C=O) groups excluding carboxylic acids is 2. The normalized spacial score (nSPS) is 12.0. The lowest BCUT2D eigenvalue weighted by atomic mass is 10.1. The highest BCUT2D eigenvalue weighted by Gasteiger charge is 2.29. The van der Waals surface area contributed by atoms with Crippen LogP contribution in [0, 0.1) is 5.82 Å². The minimum Gasteiger partial charge on any atom is -0.352 e. The fourth-order valence-electron chi connectivity index (χ4n) is 3.04. The summed E-state index contributed by atoms with van der Waals surface area (Å²) in [5, 5.41) is 3.62. The average molecular weight is 439 g/mol. The van der Waals surface area contributed by atoms with E-state index in [1.165, 1.54) is 17.0 Å². The molecule has 2 aromatic rings. The third-order valence-corrected chi connectivity index (χ3v) is 5.08. The molecule has 0 aliphatic carbocycles. The average Bonchev–Trinajstić information content (AvgIpc) is 2.65. The maximum atomic E-state index is 14.2. The number of rotatable bonds is 8. The van der Waals surface area contributed by atoms with Crippen molar-refractivity contribution in [3.63, 3.8) is 0 Å². The van der Waals surface area contributed by atoms with Crippen molar-refractivity contribution in [2.75, 3.05) is 0 Å². The van der Waals surface area contributed by atoms with E-state index in [1.807, 2.05) is 20.8 Å². The van der Waals surface area contributed by atoms with Crippen LogP contribution >= 0.6 is 23.2 Å². The molecule has 1 atom stereocenters. The van der Waals surface area contributed by atoms with E-state index in [2.05, 4.69) is 5.32 Å². The molecule has 0 saturated carbocycles. The highest BCUT2D eigenvalue weighted by molar-refractivity contribution is 6.31. The molecule has 0 aliphatic rings. The largest absolute Gasteiger partial charge is 0.352 e. The van der Waals surface area contributed by atoms with Crippen molar-refractivity contribution in [3.8, 4) is 0 Å². The standard InChI is InChI=1S/C22H25Cl2FN2O2/c1-4-20(22(29)26-14(2)3)27(13-15-8-10-16(23)11-9-15)21(28)12-17-18(24)6-5-7-19(17)25/h5-11,14,20H,4,12-13H2,1-3H3,(H,26,29)/t20-/m1/s1. The first-order valence-corrected chi connectivity index (χ1v) is 10.3. The number of amides is 2. The summed E-state index contributed by atoms with van der Waals surface area (Å²) in [5.74, 6) is -1.17. The molecule has 0 unspecified atom stereocenters. The molecule has 7 heteroatoms. The fraction of sp³-hybridized carbons (Fsp3) is 0.364. The van der Waals surface area contributed by atoms with Gasteiger partial charge in [-0.2, -0.15) is 0 Å². The number of carbonyl (C=O) groups is 2. The highest BCUT2D eigenvalue weighted by Crippen LogP contribution is 2.22. The van der Waals surface area contributed by atoms with E-state index in [9.17, 15) is 14.0 Å². The van der Waals surface area contributed by atoms with Crippen LogP contribution < -0.4 is 5.32 Å². The molecule has 1 N–H and O–H groups in total. The Hall–Kier alpha value is -2.11. The van der Waals surface area contributed by atoms with Gasteiger partial charge in [0, 0.05) is 28.2 Å². The number of nitrogens with one attached hydrogen (secondary N) is 1. The van der Waals surface area contributed by atoms with Crippen molar-refractivity contribution in [2.45, 2.75) is 52.2 Å². The Kier molecular flexibility index (Phi) is 8.47. The number of hydrogen-bond acceptors (Lipinski definition) is 2. The first-order chi connectivity index (χ1) is 13.7. The molecule has 2 aromatic carbocycles. The van der Waals surface area contributed by atoms with Gasteiger partial charge in [0.25, 0.3) is 0 Å². The second-order valence-electron chi connectivity index (χ2n) is 7.11. The summed E-state index contributed by atoms with van der Waals surface area (Å²) in [6, 6.07) is 10.6. The van der Waals surface area contributed by atoms with Crippen LogP contribution in [0.3, 0.4) is 0 Å². The van der Waals surface area contributed by atoms with Crippen LogP contribution in [0.1, 0.15) is 38.3 Å². The van der Waals surface area contributed by atoms with Gasteiger partial charge in [0.1, 0.15) is 11.9 Å². The van der Waals surface area contributed by atoms with Gasteiger partial charge in [0.05, 0.1) is 6.42 Å². The van der Waals surface area contributed by atoms with E-state index in [4.69, 9.17) is 23.2 Å². The lowest BCUT2D eigenvalue weighted by Crippen LogP contribution is -2.50. The van der Waals surface area contributed by atoms with Gasteiger partial charge in [0.2, 0.25) is 11.8 Å². The summed E-state index contributed by atoms with van der Waals surface area (Å²) < 4.78 is 14.2. The summed E-state index contributed by atoms with van der Waals surface area (Å²) in [5.41, 5.74) is 0.942. The smallest absolute Gasteiger partial charge is 0.243 e. The first kappa shape index (κ1) is 23.2. The zero-order chi connectivity index (χ0) is 21.6. The second kappa shape index (κ2) is 10.6. The molecule has 4 nitrogen and oxygen atoms in total. The van der Waals surface area contributed by atoms with Crippen LogP contribution in [-0.4, -0.2) is 28.8 Å². The van der Waals surface area contributed by atoms with Crippen LogP contribution in [0.4, 0.5) is 4.39 Å². The number of nitrogens with zero attached hydrogens (tertiary/aromatic N) is 1. The van der Waals surface area contributed by atoms with Gasteiger partial charge in [-0.25, -0.2) is 4.39 Å². The van der Waals surface area contributed by atoms with Gasteiger partial charge in [-0.3, -0.25) is 9.59 Å². The van der Waals surface area contributed by atoms with Gasteiger partial charge in [-0.15, -0.1) is 0 Å². The maximum Gasteiger partial charge on any atom is 0.243 e. The predicted octanol–water partition coefficient (Wildman–Crippen LogP) is 5.01. The molecular formula is C22H25Cl2FN2O2. The Balaban J connectivity index is 2.34. The van der Waals surface area contributed by atoms with Crippen molar-refractivity contribution in [2.24, 2.45) is 0 Å². The molecule has 0 aliphatic heterocycles. The Bertz CT molecular complexity index is 836. The van der Waals surface area contributed by atoms with E-state index < -0.39 is 11.9 Å². The molecular weight excluding hydrogens is 414 g/mol. The Morgan fingerprint density at radius 1 is 1.10 bits per heavy atom. The Morgan fingerprint density at radius 3 is 2.31 bits per heavy atom. The molecule has 2 amide bonds. The monoisotopic (exact) mass is 438 g/mol. The van der Waals surface area contributed by atoms with Crippen LogP contribution in [-0.2, 0) is 22.6 Å². The third kappa shape index (κ3) is 6.44. The van der Waals surface area contributed by atoms with Crippen molar-refractivity contribution >= 4 is 35.0 Å².